The Kier molecular flexibility index (Phi) is 10.5. The highest BCUT2D eigenvalue weighted by Gasteiger charge is 2.36. The van der Waals surface area contributed by atoms with E-state index in [-0.39, 0.29) is 19.8 Å². The predicted molar refractivity (Wildman–Crippen MR) is 124 cm³/mol. The Morgan fingerprint density at radius 3 is 1.64 bits per heavy atom. The van der Waals surface area contributed by atoms with Crippen molar-refractivity contribution in [3.63, 3.8) is 0 Å². The van der Waals surface area contributed by atoms with Crippen molar-refractivity contribution in [1.82, 2.24) is 0 Å². The summed E-state index contributed by atoms with van der Waals surface area (Å²) in [5.41, 5.74) is 2.70. The molecule has 6 heteroatoms. The van der Waals surface area contributed by atoms with Gasteiger partial charge in [-0.3, -0.25) is 0 Å². The summed E-state index contributed by atoms with van der Waals surface area (Å²) in [5, 5.41) is 10.7. The Labute approximate surface area is 194 Å². The molecular weight excluding hydrogens is 423 g/mol. The Balaban J connectivity index is 1.62. The zero-order valence-electron chi connectivity index (χ0n) is 18.8. The smallest absolute Gasteiger partial charge is 0.184 e. The van der Waals surface area contributed by atoms with Crippen LogP contribution < -0.4 is 0 Å². The van der Waals surface area contributed by atoms with Crippen molar-refractivity contribution in [2.45, 2.75) is 44.5 Å². The normalized spacial score (nSPS) is 15.0. The fourth-order valence-electron chi connectivity index (χ4n) is 3.32. The predicted octanol–water partition coefficient (Wildman–Crippen LogP) is 4.68. The number of hydrogen-bond donors (Lipinski definition) is 1. The molecule has 4 unspecified atom stereocenters. The van der Waals surface area contributed by atoms with Crippen LogP contribution in [0.1, 0.15) is 16.7 Å². The van der Waals surface area contributed by atoms with Gasteiger partial charge in [0.1, 0.15) is 12.2 Å². The van der Waals surface area contributed by atoms with Gasteiger partial charge in [0.15, 0.2) is 12.5 Å². The van der Waals surface area contributed by atoms with Crippen molar-refractivity contribution in [3.05, 3.63) is 108 Å². The number of halogens is 1. The molecule has 33 heavy (non-hydrogen) atoms. The number of aliphatic hydroxyl groups excluding tert-OH is 1. The summed E-state index contributed by atoms with van der Waals surface area (Å²) < 4.78 is 38.0. The summed E-state index contributed by atoms with van der Waals surface area (Å²) in [4.78, 5) is 0. The lowest BCUT2D eigenvalue weighted by molar-refractivity contribution is -0.219. The van der Waals surface area contributed by atoms with Gasteiger partial charge in [0.05, 0.1) is 26.4 Å². The van der Waals surface area contributed by atoms with E-state index in [1.54, 1.807) is 0 Å². The average Bonchev–Trinajstić information content (AvgIpc) is 2.87. The van der Waals surface area contributed by atoms with Gasteiger partial charge in [-0.05, 0) is 16.7 Å². The minimum absolute atomic E-state index is 0.00314. The summed E-state index contributed by atoms with van der Waals surface area (Å²) in [6.45, 7) is 0.584. The molecule has 1 N–H and O–H groups in total. The molecule has 0 radical (unpaired) electrons. The zero-order chi connectivity index (χ0) is 23.3. The van der Waals surface area contributed by atoms with Gasteiger partial charge < -0.3 is 24.1 Å². The van der Waals surface area contributed by atoms with Gasteiger partial charge >= 0.3 is 0 Å². The zero-order valence-corrected chi connectivity index (χ0v) is 18.8. The molecule has 3 aromatic rings. The first-order chi connectivity index (χ1) is 16.2. The third-order valence-corrected chi connectivity index (χ3v) is 5.20. The highest BCUT2D eigenvalue weighted by molar-refractivity contribution is 5.15. The van der Waals surface area contributed by atoms with Crippen molar-refractivity contribution in [1.29, 1.82) is 0 Å². The van der Waals surface area contributed by atoms with Crippen LogP contribution in [-0.2, 0) is 38.8 Å². The fraction of sp³-hybridized carbons (Fsp3) is 0.333. The van der Waals surface area contributed by atoms with E-state index in [9.17, 15) is 5.11 Å². The van der Waals surface area contributed by atoms with Gasteiger partial charge in [0, 0.05) is 7.11 Å². The van der Waals surface area contributed by atoms with E-state index < -0.39 is 24.7 Å². The molecule has 0 aromatic heterocycles. The van der Waals surface area contributed by atoms with Gasteiger partial charge in [-0.2, -0.15) is 0 Å². The molecule has 0 saturated carbocycles. The van der Waals surface area contributed by atoms with Crippen LogP contribution in [0.15, 0.2) is 91.0 Å². The van der Waals surface area contributed by atoms with E-state index in [1.807, 2.05) is 91.0 Å². The van der Waals surface area contributed by atoms with E-state index in [2.05, 4.69) is 0 Å². The Bertz CT molecular complexity index is 894. The highest BCUT2D eigenvalue weighted by Crippen LogP contribution is 2.20. The number of rotatable bonds is 14. The molecular formula is C27H31FO5. The van der Waals surface area contributed by atoms with Gasteiger partial charge in [0.2, 0.25) is 0 Å². The molecule has 0 heterocycles. The quantitative estimate of drug-likeness (QED) is 0.359. The van der Waals surface area contributed by atoms with Crippen LogP contribution >= 0.6 is 0 Å². The second kappa shape index (κ2) is 13.8. The molecule has 0 saturated heterocycles. The van der Waals surface area contributed by atoms with Crippen LogP contribution in [0.25, 0.3) is 0 Å². The molecule has 0 fully saturated rings. The summed E-state index contributed by atoms with van der Waals surface area (Å²) in [5.74, 6) is 0. The van der Waals surface area contributed by atoms with E-state index in [0.717, 1.165) is 16.7 Å². The summed E-state index contributed by atoms with van der Waals surface area (Å²) in [6.07, 6.45) is -5.38. The molecule has 3 rings (SSSR count). The van der Waals surface area contributed by atoms with E-state index in [1.165, 1.54) is 7.11 Å². The molecule has 0 amide bonds. The molecule has 3 aromatic carbocycles. The molecule has 176 valence electrons. The van der Waals surface area contributed by atoms with Crippen molar-refractivity contribution in [2.75, 3.05) is 13.7 Å². The van der Waals surface area contributed by atoms with Gasteiger partial charge in [-0.25, -0.2) is 4.39 Å². The fourth-order valence-corrected chi connectivity index (χ4v) is 3.32. The van der Waals surface area contributed by atoms with Crippen molar-refractivity contribution in [2.24, 2.45) is 0 Å². The molecule has 0 aliphatic heterocycles. The average molecular weight is 455 g/mol. The van der Waals surface area contributed by atoms with Crippen LogP contribution in [0, 0.1) is 0 Å². The lowest BCUT2D eigenvalue weighted by atomic mass is 10.1. The van der Waals surface area contributed by atoms with Crippen LogP contribution in [0.4, 0.5) is 4.39 Å². The number of benzene rings is 3. The SMILES string of the molecule is COC(COCc1ccccc1)C(F)C(OCc1ccccc1)C(O)OCc1ccccc1. The number of methoxy groups -OCH3 is 1. The lowest BCUT2D eigenvalue weighted by Gasteiger charge is -2.30. The van der Waals surface area contributed by atoms with Crippen LogP contribution in [0.2, 0.25) is 0 Å². The van der Waals surface area contributed by atoms with Gasteiger partial charge in [0.25, 0.3) is 0 Å². The largest absolute Gasteiger partial charge is 0.376 e. The van der Waals surface area contributed by atoms with Crippen LogP contribution in [0.5, 0.6) is 0 Å². The Morgan fingerprint density at radius 2 is 1.15 bits per heavy atom. The molecule has 5 nitrogen and oxygen atoms in total. The summed E-state index contributed by atoms with van der Waals surface area (Å²) >= 11 is 0. The monoisotopic (exact) mass is 454 g/mol. The van der Waals surface area contributed by atoms with Gasteiger partial charge in [-0.1, -0.05) is 91.0 Å². The second-order valence-electron chi connectivity index (χ2n) is 7.67. The lowest BCUT2D eigenvalue weighted by Crippen LogP contribution is -2.47. The standard InChI is InChI=1S/C27H31FO5/c1-30-24(20-31-17-21-11-5-2-6-12-21)25(28)26(32-18-22-13-7-3-8-14-22)27(29)33-19-23-15-9-4-10-16-23/h2-16,24-27,29H,17-20H2,1H3. The maximum Gasteiger partial charge on any atom is 0.184 e. The first kappa shape index (κ1) is 25.0. The second-order valence-corrected chi connectivity index (χ2v) is 7.67. The van der Waals surface area contributed by atoms with E-state index >= 15 is 4.39 Å². The minimum atomic E-state index is -1.68. The molecule has 0 spiro atoms. The summed E-state index contributed by atoms with van der Waals surface area (Å²) in [6, 6.07) is 28.4. The van der Waals surface area contributed by atoms with Crippen LogP contribution in [-0.4, -0.2) is 43.5 Å². The first-order valence-corrected chi connectivity index (χ1v) is 10.9. The molecule has 4 atom stereocenters. The van der Waals surface area contributed by atoms with Crippen molar-refractivity contribution < 1.29 is 28.4 Å². The summed E-state index contributed by atoms with van der Waals surface area (Å²) in [7, 11) is 1.41. The van der Waals surface area contributed by atoms with E-state index in [4.69, 9.17) is 18.9 Å². The Hall–Kier alpha value is -2.61. The number of aliphatic hydroxyl groups is 1. The van der Waals surface area contributed by atoms with E-state index in [0.29, 0.717) is 6.61 Å². The number of ether oxygens (including phenoxy) is 4. The maximum absolute atomic E-state index is 15.6. The topological polar surface area (TPSA) is 57.2 Å². The maximum atomic E-state index is 15.6. The first-order valence-electron chi connectivity index (χ1n) is 10.9. The minimum Gasteiger partial charge on any atom is -0.376 e. The Morgan fingerprint density at radius 1 is 0.697 bits per heavy atom. The van der Waals surface area contributed by atoms with Gasteiger partial charge in [-0.15, -0.1) is 0 Å². The third kappa shape index (κ3) is 8.35. The van der Waals surface area contributed by atoms with Crippen molar-refractivity contribution >= 4 is 0 Å². The van der Waals surface area contributed by atoms with Crippen molar-refractivity contribution in [3.8, 4) is 0 Å². The van der Waals surface area contributed by atoms with Crippen LogP contribution in [0.3, 0.4) is 0 Å². The highest BCUT2D eigenvalue weighted by atomic mass is 19.1. The molecule has 0 aliphatic rings. The third-order valence-electron chi connectivity index (χ3n) is 5.20. The number of hydrogen-bond acceptors (Lipinski definition) is 5. The molecule has 0 aliphatic carbocycles. The molecule has 0 bridgehead atoms. The number of alkyl halides is 1.